The van der Waals surface area contributed by atoms with Gasteiger partial charge in [0, 0.05) is 15.1 Å². The molecule has 0 spiro atoms. The minimum absolute atomic E-state index is 0.180. The van der Waals surface area contributed by atoms with Crippen molar-refractivity contribution in [2.75, 3.05) is 0 Å². The highest BCUT2D eigenvalue weighted by Crippen LogP contribution is 2.29. The van der Waals surface area contributed by atoms with Gasteiger partial charge >= 0.3 is 0 Å². The van der Waals surface area contributed by atoms with E-state index >= 15 is 0 Å². The van der Waals surface area contributed by atoms with Crippen LogP contribution in [0.25, 0.3) is 0 Å². The van der Waals surface area contributed by atoms with Crippen molar-refractivity contribution in [3.63, 3.8) is 0 Å². The van der Waals surface area contributed by atoms with Crippen LogP contribution in [0.15, 0.2) is 57.9 Å². The van der Waals surface area contributed by atoms with Gasteiger partial charge in [0.2, 0.25) is 5.91 Å². The van der Waals surface area contributed by atoms with Gasteiger partial charge in [0.25, 0.3) is 0 Å². The molecule has 5 heteroatoms. The molecule has 104 valence electrons. The quantitative estimate of drug-likeness (QED) is 0.376. The molecule has 2 aromatic carbocycles. The van der Waals surface area contributed by atoms with Crippen LogP contribution in [-0.4, -0.2) is 5.91 Å². The molecule has 0 aliphatic heterocycles. The summed E-state index contributed by atoms with van der Waals surface area (Å²) in [7, 11) is 0. The second-order valence-electron chi connectivity index (χ2n) is 4.28. The fraction of sp³-hybridized carbons (Fsp3) is 0.133. The van der Waals surface area contributed by atoms with Crippen LogP contribution in [0, 0.1) is 0 Å². The lowest BCUT2D eigenvalue weighted by Crippen LogP contribution is -2.31. The summed E-state index contributed by atoms with van der Waals surface area (Å²) < 4.78 is 1.11. The molecule has 0 aromatic heterocycles. The largest absolute Gasteiger partial charge is 0.294 e. The number of nitrogens with two attached hydrogens (primary N) is 1. The standard InChI is InChI=1S/C15H15BrN2OS/c16-13-3-1-2-4-14(13)20-10-12-7-5-11(6-8-12)9-15(19)18-17/h1-8H,9-10,17H2,(H,18,19). The summed E-state index contributed by atoms with van der Waals surface area (Å²) in [6, 6.07) is 16.2. The molecule has 0 atom stereocenters. The summed E-state index contributed by atoms with van der Waals surface area (Å²) in [5, 5.41) is 0. The van der Waals surface area contributed by atoms with Gasteiger partial charge in [-0.3, -0.25) is 10.2 Å². The Balaban J connectivity index is 1.94. The Morgan fingerprint density at radius 3 is 2.40 bits per heavy atom. The van der Waals surface area contributed by atoms with Gasteiger partial charge in [-0.25, -0.2) is 5.84 Å². The minimum atomic E-state index is -0.180. The number of hydrogen-bond acceptors (Lipinski definition) is 3. The summed E-state index contributed by atoms with van der Waals surface area (Å²) in [6.07, 6.45) is 0.314. The normalized spacial score (nSPS) is 10.3. The molecule has 20 heavy (non-hydrogen) atoms. The number of halogens is 1. The van der Waals surface area contributed by atoms with Crippen LogP contribution in [0.2, 0.25) is 0 Å². The number of benzene rings is 2. The van der Waals surface area contributed by atoms with Gasteiger partial charge in [-0.05, 0) is 39.2 Å². The summed E-state index contributed by atoms with van der Waals surface area (Å²) in [6.45, 7) is 0. The molecule has 3 N–H and O–H groups in total. The first-order valence-electron chi connectivity index (χ1n) is 6.13. The molecule has 0 aliphatic carbocycles. The van der Waals surface area contributed by atoms with Gasteiger partial charge in [-0.2, -0.15) is 0 Å². The zero-order chi connectivity index (χ0) is 14.4. The van der Waals surface area contributed by atoms with E-state index in [-0.39, 0.29) is 5.91 Å². The van der Waals surface area contributed by atoms with Crippen LogP contribution in [0.5, 0.6) is 0 Å². The fourth-order valence-corrected chi connectivity index (χ4v) is 3.24. The topological polar surface area (TPSA) is 55.1 Å². The highest BCUT2D eigenvalue weighted by Gasteiger charge is 2.03. The van der Waals surface area contributed by atoms with E-state index in [4.69, 9.17) is 5.84 Å². The Bertz CT molecular complexity index is 587. The summed E-state index contributed by atoms with van der Waals surface area (Å²) in [4.78, 5) is 12.4. The van der Waals surface area contributed by atoms with Crippen LogP contribution in [-0.2, 0) is 17.0 Å². The molecule has 0 saturated heterocycles. The maximum Gasteiger partial charge on any atom is 0.238 e. The van der Waals surface area contributed by atoms with Crippen molar-refractivity contribution in [2.24, 2.45) is 5.84 Å². The fourth-order valence-electron chi connectivity index (χ4n) is 1.71. The Kier molecular flexibility index (Phi) is 5.64. The van der Waals surface area contributed by atoms with Gasteiger partial charge in [0.15, 0.2) is 0 Å². The Morgan fingerprint density at radius 2 is 1.75 bits per heavy atom. The van der Waals surface area contributed by atoms with Gasteiger partial charge in [-0.1, -0.05) is 36.4 Å². The number of amides is 1. The first-order valence-corrected chi connectivity index (χ1v) is 7.91. The molecule has 0 radical (unpaired) electrons. The Morgan fingerprint density at radius 1 is 1.10 bits per heavy atom. The summed E-state index contributed by atoms with van der Waals surface area (Å²) in [5.74, 6) is 5.78. The van der Waals surface area contributed by atoms with E-state index in [1.54, 1.807) is 11.8 Å². The molecule has 2 rings (SSSR count). The van der Waals surface area contributed by atoms with Crippen molar-refractivity contribution in [3.8, 4) is 0 Å². The number of rotatable bonds is 5. The zero-order valence-electron chi connectivity index (χ0n) is 10.8. The van der Waals surface area contributed by atoms with Crippen molar-refractivity contribution >= 4 is 33.6 Å². The number of hydrogen-bond donors (Lipinski definition) is 2. The van der Waals surface area contributed by atoms with E-state index in [0.717, 1.165) is 15.8 Å². The Labute approximate surface area is 131 Å². The third-order valence-corrected chi connectivity index (χ3v) is 4.88. The molecular weight excluding hydrogens is 336 g/mol. The molecule has 0 unspecified atom stereocenters. The first-order chi connectivity index (χ1) is 9.69. The van der Waals surface area contributed by atoms with E-state index < -0.39 is 0 Å². The number of carbonyl (C=O) groups excluding carboxylic acids is 1. The molecule has 2 aromatic rings. The number of hydrazine groups is 1. The van der Waals surface area contributed by atoms with Gasteiger partial charge in [0.05, 0.1) is 6.42 Å². The molecule has 0 bridgehead atoms. The minimum Gasteiger partial charge on any atom is -0.294 e. The lowest BCUT2D eigenvalue weighted by molar-refractivity contribution is -0.120. The zero-order valence-corrected chi connectivity index (χ0v) is 13.2. The van der Waals surface area contributed by atoms with Crippen LogP contribution >= 0.6 is 27.7 Å². The van der Waals surface area contributed by atoms with Crippen LogP contribution in [0.3, 0.4) is 0 Å². The van der Waals surface area contributed by atoms with Crippen molar-refractivity contribution in [3.05, 3.63) is 64.1 Å². The number of nitrogens with one attached hydrogen (secondary N) is 1. The average molecular weight is 351 g/mol. The summed E-state index contributed by atoms with van der Waals surface area (Å²) >= 11 is 5.32. The lowest BCUT2D eigenvalue weighted by atomic mass is 10.1. The molecule has 0 fully saturated rings. The van der Waals surface area contributed by atoms with E-state index in [1.807, 2.05) is 42.5 Å². The second-order valence-corrected chi connectivity index (χ2v) is 6.15. The molecule has 0 aliphatic rings. The van der Waals surface area contributed by atoms with E-state index in [9.17, 15) is 4.79 Å². The maximum absolute atomic E-state index is 11.2. The molecule has 3 nitrogen and oxygen atoms in total. The highest BCUT2D eigenvalue weighted by atomic mass is 79.9. The first kappa shape index (κ1) is 15.1. The third-order valence-electron chi connectivity index (χ3n) is 2.78. The number of carbonyl (C=O) groups is 1. The van der Waals surface area contributed by atoms with E-state index in [1.165, 1.54) is 10.5 Å². The van der Waals surface area contributed by atoms with Crippen LogP contribution < -0.4 is 11.3 Å². The van der Waals surface area contributed by atoms with Crippen molar-refractivity contribution in [1.82, 2.24) is 5.43 Å². The van der Waals surface area contributed by atoms with Gasteiger partial charge in [0.1, 0.15) is 0 Å². The second kappa shape index (κ2) is 7.47. The highest BCUT2D eigenvalue weighted by molar-refractivity contribution is 9.10. The molecule has 1 amide bonds. The third kappa shape index (κ3) is 4.37. The van der Waals surface area contributed by atoms with Crippen LogP contribution in [0.1, 0.15) is 11.1 Å². The lowest BCUT2D eigenvalue weighted by Gasteiger charge is -2.05. The molecule has 0 saturated carbocycles. The predicted molar refractivity (Wildman–Crippen MR) is 86.2 cm³/mol. The molecule has 0 heterocycles. The van der Waals surface area contributed by atoms with E-state index in [0.29, 0.717) is 6.42 Å². The summed E-state index contributed by atoms with van der Waals surface area (Å²) in [5.41, 5.74) is 4.32. The maximum atomic E-state index is 11.2. The van der Waals surface area contributed by atoms with Crippen molar-refractivity contribution in [2.45, 2.75) is 17.1 Å². The SMILES string of the molecule is NNC(=O)Cc1ccc(CSc2ccccc2Br)cc1. The van der Waals surface area contributed by atoms with Gasteiger partial charge < -0.3 is 0 Å². The average Bonchev–Trinajstić information content (AvgIpc) is 2.48. The van der Waals surface area contributed by atoms with Gasteiger partial charge in [-0.15, -0.1) is 11.8 Å². The van der Waals surface area contributed by atoms with Crippen molar-refractivity contribution < 1.29 is 4.79 Å². The monoisotopic (exact) mass is 350 g/mol. The number of thioether (sulfide) groups is 1. The predicted octanol–water partition coefficient (Wildman–Crippen LogP) is 3.27. The van der Waals surface area contributed by atoms with E-state index in [2.05, 4.69) is 27.4 Å². The smallest absolute Gasteiger partial charge is 0.238 e. The molecular formula is C15H15BrN2OS. The van der Waals surface area contributed by atoms with Crippen LogP contribution in [0.4, 0.5) is 0 Å². The Hall–Kier alpha value is -1.30. The van der Waals surface area contributed by atoms with Crippen molar-refractivity contribution in [1.29, 1.82) is 0 Å².